The Balaban J connectivity index is 2.02. The van der Waals surface area contributed by atoms with Gasteiger partial charge in [-0.25, -0.2) is 0 Å². The molecule has 0 radical (unpaired) electrons. The minimum absolute atomic E-state index is 0.196. The highest BCUT2D eigenvalue weighted by Crippen LogP contribution is 2.44. The zero-order valence-electron chi connectivity index (χ0n) is 11.3. The van der Waals surface area contributed by atoms with E-state index >= 15 is 0 Å². The average Bonchev–Trinajstić information content (AvgIpc) is 2.93. The van der Waals surface area contributed by atoms with Crippen LogP contribution in [0, 0.1) is 5.92 Å². The van der Waals surface area contributed by atoms with E-state index < -0.39 is 0 Å². The van der Waals surface area contributed by atoms with Crippen LogP contribution in [0.25, 0.3) is 0 Å². The summed E-state index contributed by atoms with van der Waals surface area (Å²) in [5.74, 6) is 1.44. The molecule has 0 bridgehead atoms. The van der Waals surface area contributed by atoms with Crippen molar-refractivity contribution in [3.8, 4) is 0 Å². The lowest BCUT2D eigenvalue weighted by atomic mass is 9.96. The van der Waals surface area contributed by atoms with Gasteiger partial charge in [-0.05, 0) is 37.7 Å². The molecule has 1 heterocycles. The Hall–Kier alpha value is -1.00. The molecule has 0 aromatic carbocycles. The van der Waals surface area contributed by atoms with Crippen LogP contribution in [-0.2, 0) is 18.9 Å². The van der Waals surface area contributed by atoms with Crippen LogP contribution in [0.1, 0.15) is 25.7 Å². The van der Waals surface area contributed by atoms with E-state index in [-0.39, 0.29) is 12.4 Å². The molecule has 2 aliphatic rings. The van der Waals surface area contributed by atoms with Crippen LogP contribution >= 0.6 is 0 Å². The fourth-order valence-electron chi connectivity index (χ4n) is 2.91. The molecule has 0 N–H and O–H groups in total. The number of ether oxygens (including phenoxy) is 4. The molecular weight excluding hydrogens is 232 g/mol. The molecule has 0 amide bonds. The van der Waals surface area contributed by atoms with Crippen molar-refractivity contribution in [1.29, 1.82) is 0 Å². The zero-order chi connectivity index (χ0) is 13.0. The SMILES string of the molecule is CO/C=C/CC[C@@H]1CC[C@@H]2OC(OC)C(OC)=C12. The van der Waals surface area contributed by atoms with Gasteiger partial charge >= 0.3 is 0 Å². The lowest BCUT2D eigenvalue weighted by Crippen LogP contribution is -2.16. The highest BCUT2D eigenvalue weighted by atomic mass is 16.7. The Morgan fingerprint density at radius 1 is 1.28 bits per heavy atom. The van der Waals surface area contributed by atoms with E-state index in [1.807, 2.05) is 0 Å². The Bertz CT molecular complexity index is 335. The normalized spacial score (nSPS) is 31.2. The number of rotatable bonds is 6. The van der Waals surface area contributed by atoms with E-state index in [0.717, 1.165) is 25.0 Å². The third-order valence-electron chi connectivity index (χ3n) is 3.70. The summed E-state index contributed by atoms with van der Waals surface area (Å²) >= 11 is 0. The Morgan fingerprint density at radius 3 is 2.78 bits per heavy atom. The summed E-state index contributed by atoms with van der Waals surface area (Å²) in [5, 5.41) is 0. The number of fused-ring (bicyclic) bond motifs is 1. The summed E-state index contributed by atoms with van der Waals surface area (Å²) in [6.07, 6.45) is 8.05. The molecule has 1 aliphatic carbocycles. The summed E-state index contributed by atoms with van der Waals surface area (Å²) in [6, 6.07) is 0. The second-order valence-corrected chi connectivity index (χ2v) is 4.68. The molecule has 1 unspecified atom stereocenters. The monoisotopic (exact) mass is 254 g/mol. The summed E-state index contributed by atoms with van der Waals surface area (Å²) in [7, 11) is 5.02. The molecule has 4 heteroatoms. The smallest absolute Gasteiger partial charge is 0.216 e. The molecule has 2 rings (SSSR count). The predicted molar refractivity (Wildman–Crippen MR) is 67.8 cm³/mol. The van der Waals surface area contributed by atoms with Crippen LogP contribution in [-0.4, -0.2) is 33.7 Å². The Labute approximate surface area is 109 Å². The Morgan fingerprint density at radius 2 is 2.11 bits per heavy atom. The lowest BCUT2D eigenvalue weighted by molar-refractivity contribution is -0.121. The Kier molecular flexibility index (Phi) is 4.66. The van der Waals surface area contributed by atoms with Crippen LogP contribution in [0.5, 0.6) is 0 Å². The topological polar surface area (TPSA) is 36.9 Å². The van der Waals surface area contributed by atoms with Crippen molar-refractivity contribution >= 4 is 0 Å². The van der Waals surface area contributed by atoms with Gasteiger partial charge < -0.3 is 18.9 Å². The van der Waals surface area contributed by atoms with E-state index in [0.29, 0.717) is 5.92 Å². The van der Waals surface area contributed by atoms with Gasteiger partial charge in [0.25, 0.3) is 0 Å². The van der Waals surface area contributed by atoms with Gasteiger partial charge in [-0.2, -0.15) is 0 Å². The molecule has 0 aromatic rings. The highest BCUT2D eigenvalue weighted by Gasteiger charge is 2.43. The van der Waals surface area contributed by atoms with Gasteiger partial charge in [-0.1, -0.05) is 0 Å². The fraction of sp³-hybridized carbons (Fsp3) is 0.714. The van der Waals surface area contributed by atoms with Gasteiger partial charge in [0, 0.05) is 12.7 Å². The van der Waals surface area contributed by atoms with Crippen molar-refractivity contribution in [2.75, 3.05) is 21.3 Å². The first-order valence-corrected chi connectivity index (χ1v) is 6.45. The third kappa shape index (κ3) is 2.54. The first kappa shape index (κ1) is 13.4. The molecule has 0 spiro atoms. The largest absolute Gasteiger partial charge is 0.505 e. The average molecular weight is 254 g/mol. The first-order chi connectivity index (χ1) is 8.81. The second kappa shape index (κ2) is 6.25. The molecule has 4 nitrogen and oxygen atoms in total. The summed E-state index contributed by atoms with van der Waals surface area (Å²) in [5.41, 5.74) is 1.31. The molecule has 18 heavy (non-hydrogen) atoms. The quantitative estimate of drug-likeness (QED) is 0.683. The van der Waals surface area contributed by atoms with E-state index in [4.69, 9.17) is 18.9 Å². The molecule has 1 saturated carbocycles. The van der Waals surface area contributed by atoms with Crippen LogP contribution in [0.2, 0.25) is 0 Å². The maximum atomic E-state index is 5.83. The van der Waals surface area contributed by atoms with Crippen LogP contribution in [0.4, 0.5) is 0 Å². The van der Waals surface area contributed by atoms with Crippen molar-refractivity contribution in [3.63, 3.8) is 0 Å². The van der Waals surface area contributed by atoms with Crippen LogP contribution in [0.3, 0.4) is 0 Å². The lowest BCUT2D eigenvalue weighted by Gasteiger charge is -2.15. The third-order valence-corrected chi connectivity index (χ3v) is 3.70. The van der Waals surface area contributed by atoms with E-state index in [2.05, 4.69) is 6.08 Å². The van der Waals surface area contributed by atoms with E-state index in [1.54, 1.807) is 27.6 Å². The summed E-state index contributed by atoms with van der Waals surface area (Å²) in [4.78, 5) is 0. The van der Waals surface area contributed by atoms with Gasteiger partial charge in [0.2, 0.25) is 6.29 Å². The van der Waals surface area contributed by atoms with Crippen molar-refractivity contribution in [2.45, 2.75) is 38.1 Å². The second-order valence-electron chi connectivity index (χ2n) is 4.68. The van der Waals surface area contributed by atoms with Gasteiger partial charge in [-0.15, -0.1) is 0 Å². The van der Waals surface area contributed by atoms with Crippen molar-refractivity contribution < 1.29 is 18.9 Å². The summed E-state index contributed by atoms with van der Waals surface area (Å²) in [6.45, 7) is 0. The zero-order valence-corrected chi connectivity index (χ0v) is 11.3. The van der Waals surface area contributed by atoms with Crippen LogP contribution in [0.15, 0.2) is 23.7 Å². The minimum atomic E-state index is -0.313. The van der Waals surface area contributed by atoms with E-state index in [9.17, 15) is 0 Å². The standard InChI is InChI=1S/C14H22O4/c1-15-9-5-4-6-10-7-8-11-12(10)13(16-2)14(17-3)18-11/h5,9-11,14H,4,6-8H2,1-3H3/b9-5+/t10-,11+,14?/m1/s1. The molecule has 1 fully saturated rings. The fourth-order valence-corrected chi connectivity index (χ4v) is 2.91. The first-order valence-electron chi connectivity index (χ1n) is 6.45. The van der Waals surface area contributed by atoms with E-state index in [1.165, 1.54) is 12.0 Å². The van der Waals surface area contributed by atoms with Gasteiger partial charge in [0.1, 0.15) is 0 Å². The van der Waals surface area contributed by atoms with Gasteiger partial charge in [0.15, 0.2) is 5.76 Å². The maximum absolute atomic E-state index is 5.83. The number of hydrogen-bond acceptors (Lipinski definition) is 4. The number of allylic oxidation sites excluding steroid dienone is 1. The van der Waals surface area contributed by atoms with Gasteiger partial charge in [-0.3, -0.25) is 0 Å². The van der Waals surface area contributed by atoms with Crippen molar-refractivity contribution in [2.24, 2.45) is 5.92 Å². The number of hydrogen-bond donors (Lipinski definition) is 0. The summed E-state index contributed by atoms with van der Waals surface area (Å²) < 4.78 is 21.5. The predicted octanol–water partition coefficient (Wildman–Crippen LogP) is 2.61. The van der Waals surface area contributed by atoms with Crippen LogP contribution < -0.4 is 0 Å². The molecule has 1 aliphatic heterocycles. The van der Waals surface area contributed by atoms with Gasteiger partial charge in [0.05, 0.1) is 26.6 Å². The van der Waals surface area contributed by atoms with Crippen molar-refractivity contribution in [1.82, 2.24) is 0 Å². The number of methoxy groups -OCH3 is 3. The maximum Gasteiger partial charge on any atom is 0.216 e. The highest BCUT2D eigenvalue weighted by molar-refractivity contribution is 5.27. The van der Waals surface area contributed by atoms with Crippen molar-refractivity contribution in [3.05, 3.63) is 23.7 Å². The minimum Gasteiger partial charge on any atom is -0.505 e. The molecular formula is C14H22O4. The molecule has 3 atom stereocenters. The molecule has 0 aromatic heterocycles. The molecule has 0 saturated heterocycles. The molecule has 102 valence electrons.